The van der Waals surface area contributed by atoms with Crippen molar-refractivity contribution in [2.75, 3.05) is 0 Å². The highest BCUT2D eigenvalue weighted by Crippen LogP contribution is 2.34. The van der Waals surface area contributed by atoms with Gasteiger partial charge in [-0.05, 0) is 40.1 Å². The van der Waals surface area contributed by atoms with Gasteiger partial charge in [-0.1, -0.05) is 38.1 Å². The van der Waals surface area contributed by atoms with Crippen LogP contribution in [0.4, 0.5) is 0 Å². The van der Waals surface area contributed by atoms with Gasteiger partial charge >= 0.3 is 0 Å². The summed E-state index contributed by atoms with van der Waals surface area (Å²) in [5.41, 5.74) is 4.00. The number of aromatic nitrogens is 1. The van der Waals surface area contributed by atoms with Crippen molar-refractivity contribution < 1.29 is 0 Å². The molecule has 0 fully saturated rings. The number of rotatable bonds is 1. The lowest BCUT2D eigenvalue weighted by atomic mass is 10.0. The maximum Gasteiger partial charge on any atom is 0.0346 e. The summed E-state index contributed by atoms with van der Waals surface area (Å²) in [6, 6.07) is 13.2. The standard InChI is InChI=1S/C16H15N/c1-11(2)12-4-3-5-15-13(8-12)9-14-10-17-7-6-16(14)15/h3-11H,1-2H3. The highest BCUT2D eigenvalue weighted by atomic mass is 14.6. The Hall–Kier alpha value is -1.89. The Morgan fingerprint density at radius 2 is 1.94 bits per heavy atom. The van der Waals surface area contributed by atoms with Crippen LogP contribution in [0.15, 0.2) is 48.8 Å². The fraction of sp³-hybridized carbons (Fsp3) is 0.188. The fourth-order valence-corrected chi connectivity index (χ4v) is 2.32. The Morgan fingerprint density at radius 1 is 1.06 bits per heavy atom. The van der Waals surface area contributed by atoms with Crippen LogP contribution in [0.2, 0.25) is 0 Å². The first-order valence-corrected chi connectivity index (χ1v) is 6.02. The molecule has 0 atom stereocenters. The summed E-state index contributed by atoms with van der Waals surface area (Å²) < 4.78 is 0. The van der Waals surface area contributed by atoms with Gasteiger partial charge < -0.3 is 0 Å². The third kappa shape index (κ3) is 1.68. The maximum atomic E-state index is 4.18. The van der Waals surface area contributed by atoms with Crippen LogP contribution >= 0.6 is 0 Å². The van der Waals surface area contributed by atoms with E-state index in [1.165, 1.54) is 27.5 Å². The molecule has 17 heavy (non-hydrogen) atoms. The summed E-state index contributed by atoms with van der Waals surface area (Å²) in [5.74, 6) is 0.557. The van der Waals surface area contributed by atoms with E-state index in [4.69, 9.17) is 0 Å². The first kappa shape index (κ1) is 10.3. The van der Waals surface area contributed by atoms with E-state index in [1.54, 1.807) is 0 Å². The van der Waals surface area contributed by atoms with Gasteiger partial charge in [-0.3, -0.25) is 4.98 Å². The van der Waals surface area contributed by atoms with Crippen LogP contribution in [-0.2, 0) is 0 Å². The highest BCUT2D eigenvalue weighted by Gasteiger charge is 2.09. The zero-order valence-electron chi connectivity index (χ0n) is 10.1. The lowest BCUT2D eigenvalue weighted by Gasteiger charge is -2.01. The summed E-state index contributed by atoms with van der Waals surface area (Å²) in [6.45, 7) is 4.46. The van der Waals surface area contributed by atoms with Crippen LogP contribution in [0.1, 0.15) is 25.3 Å². The molecule has 0 unspecified atom stereocenters. The van der Waals surface area contributed by atoms with E-state index in [2.05, 4.69) is 55.2 Å². The molecule has 2 aliphatic carbocycles. The van der Waals surface area contributed by atoms with Crippen LogP contribution in [-0.4, -0.2) is 4.98 Å². The van der Waals surface area contributed by atoms with E-state index in [9.17, 15) is 0 Å². The molecule has 3 rings (SSSR count). The minimum Gasteiger partial charge on any atom is -0.264 e. The Bertz CT molecular complexity index is 640. The fourth-order valence-electron chi connectivity index (χ4n) is 2.32. The van der Waals surface area contributed by atoms with E-state index < -0.39 is 0 Å². The first-order chi connectivity index (χ1) is 8.25. The molecule has 1 heteroatoms. The minimum atomic E-state index is 0.557. The average Bonchev–Trinajstić information content (AvgIpc) is 2.53. The molecule has 1 nitrogen and oxygen atoms in total. The van der Waals surface area contributed by atoms with Crippen molar-refractivity contribution in [1.82, 2.24) is 4.98 Å². The summed E-state index contributed by atoms with van der Waals surface area (Å²) >= 11 is 0. The topological polar surface area (TPSA) is 12.9 Å². The second-order valence-electron chi connectivity index (χ2n) is 4.80. The second kappa shape index (κ2) is 3.85. The lowest BCUT2D eigenvalue weighted by Crippen LogP contribution is -1.82. The van der Waals surface area contributed by atoms with Crippen LogP contribution in [0.25, 0.3) is 21.9 Å². The third-order valence-electron chi connectivity index (χ3n) is 3.30. The number of pyridine rings is 1. The van der Waals surface area contributed by atoms with E-state index in [1.807, 2.05) is 12.4 Å². The van der Waals surface area contributed by atoms with Gasteiger partial charge in [0, 0.05) is 17.8 Å². The molecule has 0 amide bonds. The number of hydrogen-bond donors (Lipinski definition) is 0. The predicted octanol–water partition coefficient (Wildman–Crippen LogP) is 4.46. The third-order valence-corrected chi connectivity index (χ3v) is 3.30. The zero-order chi connectivity index (χ0) is 11.8. The van der Waals surface area contributed by atoms with Crippen molar-refractivity contribution in [3.05, 3.63) is 54.4 Å². The Kier molecular flexibility index (Phi) is 2.32. The average molecular weight is 221 g/mol. The van der Waals surface area contributed by atoms with Crippen molar-refractivity contribution in [2.24, 2.45) is 0 Å². The molecule has 2 aliphatic rings. The molecule has 0 aromatic carbocycles. The molecule has 0 aliphatic heterocycles. The van der Waals surface area contributed by atoms with Crippen molar-refractivity contribution in [3.8, 4) is 11.1 Å². The van der Waals surface area contributed by atoms with Gasteiger partial charge in [0.25, 0.3) is 0 Å². The van der Waals surface area contributed by atoms with Gasteiger partial charge in [-0.15, -0.1) is 0 Å². The minimum absolute atomic E-state index is 0.557. The van der Waals surface area contributed by atoms with Crippen molar-refractivity contribution in [3.63, 3.8) is 0 Å². The van der Waals surface area contributed by atoms with E-state index >= 15 is 0 Å². The van der Waals surface area contributed by atoms with Gasteiger partial charge in [0.15, 0.2) is 0 Å². The molecule has 84 valence electrons. The predicted molar refractivity (Wildman–Crippen MR) is 72.5 cm³/mol. The van der Waals surface area contributed by atoms with Crippen LogP contribution in [0.5, 0.6) is 0 Å². The van der Waals surface area contributed by atoms with E-state index in [0.29, 0.717) is 5.92 Å². The number of fused-ring (bicyclic) bond motifs is 3. The number of nitrogens with zero attached hydrogens (tertiary/aromatic N) is 1. The second-order valence-corrected chi connectivity index (χ2v) is 4.80. The van der Waals surface area contributed by atoms with Crippen molar-refractivity contribution in [2.45, 2.75) is 19.8 Å². The van der Waals surface area contributed by atoms with Crippen LogP contribution < -0.4 is 0 Å². The molecular formula is C16H15N. The Balaban J connectivity index is 2.34. The van der Waals surface area contributed by atoms with Gasteiger partial charge in [0.1, 0.15) is 0 Å². The largest absolute Gasteiger partial charge is 0.264 e. The molecule has 0 spiro atoms. The van der Waals surface area contributed by atoms with Gasteiger partial charge in [0.05, 0.1) is 0 Å². The zero-order valence-corrected chi connectivity index (χ0v) is 10.1. The Morgan fingerprint density at radius 3 is 2.76 bits per heavy atom. The van der Waals surface area contributed by atoms with Gasteiger partial charge in [-0.2, -0.15) is 0 Å². The van der Waals surface area contributed by atoms with Crippen molar-refractivity contribution in [1.29, 1.82) is 0 Å². The first-order valence-electron chi connectivity index (χ1n) is 6.02. The molecule has 0 radical (unpaired) electrons. The van der Waals surface area contributed by atoms with Crippen molar-refractivity contribution >= 4 is 10.8 Å². The summed E-state index contributed by atoms with van der Waals surface area (Å²) in [5, 5.41) is 2.52. The molecule has 0 saturated heterocycles. The van der Waals surface area contributed by atoms with Crippen LogP contribution in [0, 0.1) is 0 Å². The lowest BCUT2D eigenvalue weighted by molar-refractivity contribution is 0.869. The maximum absolute atomic E-state index is 4.18. The van der Waals surface area contributed by atoms with Crippen LogP contribution in [0.3, 0.4) is 0 Å². The molecular weight excluding hydrogens is 206 g/mol. The SMILES string of the molecule is CC(C)c1cccc2c3ccncc3cc-2c1. The highest BCUT2D eigenvalue weighted by molar-refractivity contribution is 6.01. The molecule has 1 heterocycles. The molecule has 1 aromatic heterocycles. The van der Waals surface area contributed by atoms with E-state index in [-0.39, 0.29) is 0 Å². The van der Waals surface area contributed by atoms with Gasteiger partial charge in [-0.25, -0.2) is 0 Å². The normalized spacial score (nSPS) is 11.5. The summed E-state index contributed by atoms with van der Waals surface area (Å²) in [6.07, 6.45) is 3.79. The molecule has 0 saturated carbocycles. The quantitative estimate of drug-likeness (QED) is 0.591. The van der Waals surface area contributed by atoms with Gasteiger partial charge in [0.2, 0.25) is 0 Å². The summed E-state index contributed by atoms with van der Waals surface area (Å²) in [7, 11) is 0. The smallest absolute Gasteiger partial charge is 0.0346 e. The molecule has 0 N–H and O–H groups in total. The van der Waals surface area contributed by atoms with E-state index in [0.717, 1.165) is 0 Å². The monoisotopic (exact) mass is 221 g/mol. The Labute approximate surface area is 101 Å². The molecule has 1 aromatic rings. The number of hydrogen-bond acceptors (Lipinski definition) is 1. The summed E-state index contributed by atoms with van der Waals surface area (Å²) in [4.78, 5) is 4.18. The molecule has 0 bridgehead atoms.